The van der Waals surface area contributed by atoms with E-state index in [1.165, 1.54) is 12.1 Å². The van der Waals surface area contributed by atoms with Crippen molar-refractivity contribution in [2.45, 2.75) is 30.7 Å². The molecule has 0 bridgehead atoms. The summed E-state index contributed by atoms with van der Waals surface area (Å²) in [4.78, 5) is 41.6. The zero-order valence-corrected chi connectivity index (χ0v) is 21.1. The molecule has 0 unspecified atom stereocenters. The van der Waals surface area contributed by atoms with E-state index in [4.69, 9.17) is 11.6 Å². The van der Waals surface area contributed by atoms with Crippen molar-refractivity contribution < 1.29 is 23.9 Å². The van der Waals surface area contributed by atoms with Crippen molar-refractivity contribution in [2.75, 3.05) is 23.9 Å². The lowest BCUT2D eigenvalue weighted by molar-refractivity contribution is -0.139. The maximum atomic E-state index is 14.1. The van der Waals surface area contributed by atoms with E-state index in [0.717, 1.165) is 35.8 Å². The molecule has 190 valence electrons. The van der Waals surface area contributed by atoms with Gasteiger partial charge in [-0.1, -0.05) is 29.8 Å². The summed E-state index contributed by atoms with van der Waals surface area (Å²) in [5.41, 5.74) is 3.38. The number of carboxylic acid groups (broad SMARTS) is 1. The summed E-state index contributed by atoms with van der Waals surface area (Å²) in [6, 6.07) is 15.5. The summed E-state index contributed by atoms with van der Waals surface area (Å²) in [7, 11) is 3.93. The number of halogens is 2. The first-order valence-corrected chi connectivity index (χ1v) is 12.2. The molecule has 1 fully saturated rings. The predicted octanol–water partition coefficient (Wildman–Crippen LogP) is 4.68. The van der Waals surface area contributed by atoms with Gasteiger partial charge < -0.3 is 15.3 Å². The average molecular weight is 522 g/mol. The fraction of sp³-hybridized carbons (Fsp3) is 0.250. The van der Waals surface area contributed by atoms with Crippen LogP contribution in [0, 0.1) is 5.82 Å². The zero-order valence-electron chi connectivity index (χ0n) is 20.3. The topological polar surface area (TPSA) is 90.0 Å². The van der Waals surface area contributed by atoms with Gasteiger partial charge in [-0.15, -0.1) is 0 Å². The van der Waals surface area contributed by atoms with Gasteiger partial charge in [-0.05, 0) is 66.4 Å². The van der Waals surface area contributed by atoms with Crippen molar-refractivity contribution in [1.82, 2.24) is 5.32 Å². The van der Waals surface area contributed by atoms with Crippen LogP contribution in [0.3, 0.4) is 0 Å². The molecule has 1 spiro atoms. The number of carboxylic acids is 1. The molecule has 5 rings (SSSR count). The molecule has 3 aromatic carbocycles. The van der Waals surface area contributed by atoms with Gasteiger partial charge in [0, 0.05) is 31.9 Å². The second-order valence-corrected chi connectivity index (χ2v) is 10.1. The molecule has 0 aromatic heterocycles. The number of nitrogens with one attached hydrogen (secondary N) is 1. The van der Waals surface area contributed by atoms with E-state index in [1.54, 1.807) is 29.2 Å². The number of rotatable bonds is 7. The van der Waals surface area contributed by atoms with E-state index in [9.17, 15) is 23.9 Å². The lowest BCUT2D eigenvalue weighted by Crippen LogP contribution is -2.42. The molecular formula is C28H25ClFN3O4. The summed E-state index contributed by atoms with van der Waals surface area (Å²) in [6.07, 6.45) is 1.60. The van der Waals surface area contributed by atoms with Gasteiger partial charge in [0.1, 0.15) is 11.9 Å². The van der Waals surface area contributed by atoms with E-state index in [1.807, 2.05) is 31.1 Å². The maximum absolute atomic E-state index is 14.1. The first-order valence-electron chi connectivity index (χ1n) is 11.9. The number of hydrogen-bond donors (Lipinski definition) is 2. The maximum Gasteiger partial charge on any atom is 0.326 e. The standard InChI is InChI=1S/C28H25ClFN3O4/c1-32(2)18-10-11-23-19(15-18)28(12-13-28)27(37)33(23)17-8-6-16(7-9-17)14-22(26(35)36)31-25(34)24-20(29)4-3-5-21(24)30/h3-11,15,22H,12-14H2,1-2H3,(H,31,34)(H,35,36)/t22-/m0/s1. The van der Waals surface area contributed by atoms with Crippen molar-refractivity contribution in [3.05, 3.63) is 88.2 Å². The van der Waals surface area contributed by atoms with Crippen LogP contribution in [0.4, 0.5) is 21.5 Å². The Morgan fingerprint density at radius 3 is 2.43 bits per heavy atom. The van der Waals surface area contributed by atoms with Crippen LogP contribution in [0.1, 0.15) is 34.3 Å². The Morgan fingerprint density at radius 2 is 1.84 bits per heavy atom. The first kappa shape index (κ1) is 24.8. The molecule has 1 saturated carbocycles. The molecule has 1 aliphatic heterocycles. The van der Waals surface area contributed by atoms with Gasteiger partial charge in [0.2, 0.25) is 5.91 Å². The second-order valence-electron chi connectivity index (χ2n) is 9.65. The number of nitrogens with zero attached hydrogens (tertiary/aromatic N) is 2. The van der Waals surface area contributed by atoms with Crippen molar-refractivity contribution in [1.29, 1.82) is 0 Å². The Bertz CT molecular complexity index is 1400. The first-order chi connectivity index (χ1) is 17.6. The van der Waals surface area contributed by atoms with E-state index >= 15 is 0 Å². The normalized spacial score (nSPS) is 15.9. The highest BCUT2D eigenvalue weighted by atomic mass is 35.5. The van der Waals surface area contributed by atoms with E-state index in [2.05, 4.69) is 11.4 Å². The van der Waals surface area contributed by atoms with Crippen molar-refractivity contribution >= 4 is 46.4 Å². The minimum absolute atomic E-state index is 0.0336. The van der Waals surface area contributed by atoms with Crippen LogP contribution in [0.5, 0.6) is 0 Å². The van der Waals surface area contributed by atoms with Gasteiger partial charge in [-0.3, -0.25) is 14.5 Å². The largest absolute Gasteiger partial charge is 0.480 e. The van der Waals surface area contributed by atoms with Crippen LogP contribution in [-0.2, 0) is 21.4 Å². The van der Waals surface area contributed by atoms with Crippen LogP contribution in [0.15, 0.2) is 60.7 Å². The Hall–Kier alpha value is -3.91. The lowest BCUT2D eigenvalue weighted by atomic mass is 9.97. The molecule has 37 heavy (non-hydrogen) atoms. The van der Waals surface area contributed by atoms with Crippen molar-refractivity contribution in [3.63, 3.8) is 0 Å². The number of hydrogen-bond acceptors (Lipinski definition) is 4. The molecule has 1 aliphatic carbocycles. The highest BCUT2D eigenvalue weighted by Crippen LogP contribution is 2.59. The van der Waals surface area contributed by atoms with E-state index < -0.39 is 34.7 Å². The molecule has 1 atom stereocenters. The summed E-state index contributed by atoms with van der Waals surface area (Å²) >= 11 is 5.94. The Labute approximate surface area is 218 Å². The molecular weight excluding hydrogens is 497 g/mol. The summed E-state index contributed by atoms with van der Waals surface area (Å²) < 4.78 is 14.1. The molecule has 2 amide bonds. The third-order valence-electron chi connectivity index (χ3n) is 7.04. The summed E-state index contributed by atoms with van der Waals surface area (Å²) in [5.74, 6) is -2.96. The molecule has 0 radical (unpaired) electrons. The number of benzene rings is 3. The smallest absolute Gasteiger partial charge is 0.326 e. The fourth-order valence-corrected chi connectivity index (χ4v) is 5.09. The van der Waals surface area contributed by atoms with Gasteiger partial charge >= 0.3 is 5.97 Å². The molecule has 9 heteroatoms. The number of aliphatic carboxylic acids is 1. The summed E-state index contributed by atoms with van der Waals surface area (Å²) in [5, 5.41) is 11.9. The quantitative estimate of drug-likeness (QED) is 0.471. The van der Waals surface area contributed by atoms with Gasteiger partial charge in [0.05, 0.1) is 21.7 Å². The minimum Gasteiger partial charge on any atom is -0.480 e. The highest BCUT2D eigenvalue weighted by Gasteiger charge is 2.59. The van der Waals surface area contributed by atoms with Gasteiger partial charge in [-0.2, -0.15) is 0 Å². The predicted molar refractivity (Wildman–Crippen MR) is 139 cm³/mol. The second kappa shape index (κ2) is 9.19. The van der Waals surface area contributed by atoms with Crippen LogP contribution in [-0.4, -0.2) is 43.0 Å². The van der Waals surface area contributed by atoms with Gasteiger partial charge in [-0.25, -0.2) is 9.18 Å². The highest BCUT2D eigenvalue weighted by molar-refractivity contribution is 6.33. The van der Waals surface area contributed by atoms with Crippen molar-refractivity contribution in [2.24, 2.45) is 0 Å². The third-order valence-corrected chi connectivity index (χ3v) is 7.36. The Balaban J connectivity index is 1.36. The molecule has 7 nitrogen and oxygen atoms in total. The molecule has 2 aliphatic rings. The average Bonchev–Trinajstić information content (AvgIpc) is 3.62. The fourth-order valence-electron chi connectivity index (χ4n) is 4.85. The Morgan fingerprint density at radius 1 is 1.14 bits per heavy atom. The molecule has 3 aromatic rings. The monoisotopic (exact) mass is 521 g/mol. The third kappa shape index (κ3) is 4.31. The van der Waals surface area contributed by atoms with Crippen LogP contribution in [0.25, 0.3) is 0 Å². The van der Waals surface area contributed by atoms with E-state index in [0.29, 0.717) is 11.3 Å². The summed E-state index contributed by atoms with van der Waals surface area (Å²) in [6.45, 7) is 0. The van der Waals surface area contributed by atoms with Crippen molar-refractivity contribution in [3.8, 4) is 0 Å². The number of amides is 2. The van der Waals surface area contributed by atoms with Gasteiger partial charge in [0.25, 0.3) is 5.91 Å². The number of anilines is 3. The van der Waals surface area contributed by atoms with Crippen LogP contribution < -0.4 is 15.1 Å². The van der Waals surface area contributed by atoms with Crippen LogP contribution >= 0.6 is 11.6 Å². The van der Waals surface area contributed by atoms with Gasteiger partial charge in [0.15, 0.2) is 0 Å². The molecule has 1 heterocycles. The number of carbonyl (C=O) groups excluding carboxylic acids is 2. The van der Waals surface area contributed by atoms with E-state index in [-0.39, 0.29) is 17.4 Å². The lowest BCUT2D eigenvalue weighted by Gasteiger charge is -2.20. The number of carbonyl (C=O) groups is 3. The Kier molecular flexibility index (Phi) is 6.15. The SMILES string of the molecule is CN(C)c1ccc2c(c1)C1(CC1)C(=O)N2c1ccc(C[C@H](NC(=O)c2c(F)cccc2Cl)C(=O)O)cc1. The molecule has 0 saturated heterocycles. The van der Waals surface area contributed by atoms with Crippen LogP contribution in [0.2, 0.25) is 5.02 Å². The zero-order chi connectivity index (χ0) is 26.5. The number of fused-ring (bicyclic) bond motifs is 2. The molecule has 2 N–H and O–H groups in total. The minimum atomic E-state index is -1.30.